The Morgan fingerprint density at radius 1 is 0.969 bits per heavy atom. The molecule has 1 aromatic rings. The van der Waals surface area contributed by atoms with Crippen molar-refractivity contribution in [3.05, 3.63) is 29.3 Å². The summed E-state index contributed by atoms with van der Waals surface area (Å²) in [5.74, 6) is 0.0705. The number of fused-ring (bicyclic) bond motifs is 1. The summed E-state index contributed by atoms with van der Waals surface area (Å²) >= 11 is 0. The molecular formula is C26H42N4O2. The summed E-state index contributed by atoms with van der Waals surface area (Å²) < 4.78 is 0. The minimum Gasteiger partial charge on any atom is -0.351 e. The highest BCUT2D eigenvalue weighted by Gasteiger charge is 2.22. The summed E-state index contributed by atoms with van der Waals surface area (Å²) in [5.41, 5.74) is 2.65. The second-order valence-corrected chi connectivity index (χ2v) is 9.59. The van der Waals surface area contributed by atoms with Gasteiger partial charge in [0.25, 0.3) is 5.91 Å². The Morgan fingerprint density at radius 3 is 2.44 bits per heavy atom. The number of nitrogens with one attached hydrogen (secondary N) is 2. The molecule has 2 aliphatic rings. The third-order valence-electron chi connectivity index (χ3n) is 6.61. The number of rotatable bonds is 5. The molecule has 0 radical (unpaired) electrons. The minimum atomic E-state index is -0.0542. The van der Waals surface area contributed by atoms with Crippen LogP contribution in [0.15, 0.2) is 18.2 Å². The topological polar surface area (TPSA) is 64.7 Å². The number of piperidine rings is 1. The largest absolute Gasteiger partial charge is 0.351 e. The van der Waals surface area contributed by atoms with E-state index in [4.69, 9.17) is 0 Å². The fourth-order valence-corrected chi connectivity index (χ4v) is 4.68. The van der Waals surface area contributed by atoms with Crippen LogP contribution in [0.25, 0.3) is 0 Å². The van der Waals surface area contributed by atoms with Gasteiger partial charge in [-0.15, -0.1) is 0 Å². The molecule has 0 saturated carbocycles. The van der Waals surface area contributed by atoms with Crippen LogP contribution >= 0.6 is 0 Å². The van der Waals surface area contributed by atoms with Crippen LogP contribution in [-0.2, 0) is 11.3 Å². The molecule has 6 nitrogen and oxygen atoms in total. The number of hydrogen-bond donors (Lipinski definition) is 2. The lowest BCUT2D eigenvalue weighted by atomic mass is 10.0. The van der Waals surface area contributed by atoms with E-state index in [1.54, 1.807) is 0 Å². The molecule has 0 atom stereocenters. The molecule has 178 valence electrons. The van der Waals surface area contributed by atoms with Crippen LogP contribution < -0.4 is 15.5 Å². The molecule has 0 aliphatic carbocycles. The Balaban J connectivity index is 1.72. The summed E-state index contributed by atoms with van der Waals surface area (Å²) in [4.78, 5) is 30.2. The SMILES string of the molecule is CC(C)C(=O)N1CCCCCCCNCc2cc(C(=O)NCCN3CCCCC3)ccc21. The number of carbonyl (C=O) groups is 2. The second-order valence-electron chi connectivity index (χ2n) is 9.59. The van der Waals surface area contributed by atoms with Crippen molar-refractivity contribution in [1.29, 1.82) is 0 Å². The number of benzene rings is 1. The van der Waals surface area contributed by atoms with Crippen LogP contribution in [0, 0.1) is 5.92 Å². The van der Waals surface area contributed by atoms with E-state index in [1.807, 2.05) is 36.9 Å². The maximum Gasteiger partial charge on any atom is 0.251 e. The summed E-state index contributed by atoms with van der Waals surface area (Å²) in [6.45, 7) is 10.2. The highest BCUT2D eigenvalue weighted by molar-refractivity contribution is 5.98. The molecule has 0 unspecified atom stereocenters. The first-order valence-corrected chi connectivity index (χ1v) is 12.7. The summed E-state index contributed by atoms with van der Waals surface area (Å²) in [6.07, 6.45) is 9.61. The van der Waals surface area contributed by atoms with E-state index in [1.165, 1.54) is 38.5 Å². The molecule has 1 saturated heterocycles. The van der Waals surface area contributed by atoms with Gasteiger partial charge in [-0.2, -0.15) is 0 Å². The number of nitrogens with zero attached hydrogens (tertiary/aromatic N) is 2. The maximum absolute atomic E-state index is 13.0. The van der Waals surface area contributed by atoms with Crippen LogP contribution in [0.2, 0.25) is 0 Å². The van der Waals surface area contributed by atoms with Crippen LogP contribution in [0.4, 0.5) is 5.69 Å². The minimum absolute atomic E-state index is 0.0299. The molecule has 0 bridgehead atoms. The number of carbonyl (C=O) groups excluding carboxylic acids is 2. The van der Waals surface area contributed by atoms with Crippen molar-refractivity contribution in [2.24, 2.45) is 5.92 Å². The molecule has 6 heteroatoms. The third-order valence-corrected chi connectivity index (χ3v) is 6.61. The fraction of sp³-hybridized carbons (Fsp3) is 0.692. The lowest BCUT2D eigenvalue weighted by molar-refractivity contribution is -0.121. The van der Waals surface area contributed by atoms with E-state index in [-0.39, 0.29) is 17.7 Å². The van der Waals surface area contributed by atoms with Gasteiger partial charge in [0, 0.05) is 43.3 Å². The van der Waals surface area contributed by atoms with Crippen molar-refractivity contribution in [3.63, 3.8) is 0 Å². The molecule has 0 spiro atoms. The van der Waals surface area contributed by atoms with E-state index in [2.05, 4.69) is 15.5 Å². The molecule has 2 N–H and O–H groups in total. The Labute approximate surface area is 194 Å². The quantitative estimate of drug-likeness (QED) is 0.725. The normalized spacial score (nSPS) is 19.0. The first-order valence-electron chi connectivity index (χ1n) is 12.7. The van der Waals surface area contributed by atoms with Crippen LogP contribution in [-0.4, -0.2) is 56.0 Å². The summed E-state index contributed by atoms with van der Waals surface area (Å²) in [7, 11) is 0. The zero-order valence-electron chi connectivity index (χ0n) is 20.1. The molecule has 0 aromatic heterocycles. The number of amides is 2. The highest BCUT2D eigenvalue weighted by Crippen LogP contribution is 2.25. The maximum atomic E-state index is 13.0. The van der Waals surface area contributed by atoms with Gasteiger partial charge in [0.2, 0.25) is 5.91 Å². The van der Waals surface area contributed by atoms with Gasteiger partial charge in [-0.25, -0.2) is 0 Å². The predicted octanol–water partition coefficient (Wildman–Crippen LogP) is 3.95. The van der Waals surface area contributed by atoms with E-state index >= 15 is 0 Å². The number of likely N-dealkylation sites (tertiary alicyclic amines) is 1. The average molecular weight is 443 g/mol. The Hall–Kier alpha value is -1.92. The Kier molecular flexibility index (Phi) is 10.0. The number of hydrogen-bond acceptors (Lipinski definition) is 4. The summed E-state index contributed by atoms with van der Waals surface area (Å²) in [6, 6.07) is 5.83. The van der Waals surface area contributed by atoms with E-state index in [9.17, 15) is 9.59 Å². The van der Waals surface area contributed by atoms with Crippen molar-refractivity contribution < 1.29 is 9.59 Å². The predicted molar refractivity (Wildman–Crippen MR) is 131 cm³/mol. The summed E-state index contributed by atoms with van der Waals surface area (Å²) in [5, 5.41) is 6.62. The van der Waals surface area contributed by atoms with Gasteiger partial charge in [0.05, 0.1) is 0 Å². The highest BCUT2D eigenvalue weighted by atomic mass is 16.2. The smallest absolute Gasteiger partial charge is 0.251 e. The molecule has 3 rings (SSSR count). The molecule has 32 heavy (non-hydrogen) atoms. The van der Waals surface area contributed by atoms with Crippen LogP contribution in [0.5, 0.6) is 0 Å². The molecule has 2 amide bonds. The van der Waals surface area contributed by atoms with Gasteiger partial charge in [-0.1, -0.05) is 39.5 Å². The van der Waals surface area contributed by atoms with Gasteiger partial charge < -0.3 is 20.4 Å². The van der Waals surface area contributed by atoms with Crippen molar-refractivity contribution in [2.75, 3.05) is 44.2 Å². The van der Waals surface area contributed by atoms with Gasteiger partial charge in [-0.3, -0.25) is 9.59 Å². The fourth-order valence-electron chi connectivity index (χ4n) is 4.68. The van der Waals surface area contributed by atoms with Gasteiger partial charge in [-0.05, 0) is 69.1 Å². The molecule has 1 fully saturated rings. The standard InChI is InChI=1S/C26H42N4O2/c1-21(2)26(32)30-17-10-5-3-4-7-13-27-20-23-19-22(11-12-24(23)30)25(31)28-14-18-29-15-8-6-9-16-29/h11-12,19,21,27H,3-10,13-18,20H2,1-2H3,(H,28,31). The lowest BCUT2D eigenvalue weighted by Gasteiger charge is -2.28. The lowest BCUT2D eigenvalue weighted by Crippen LogP contribution is -2.38. The van der Waals surface area contributed by atoms with E-state index in [0.717, 1.165) is 56.8 Å². The Morgan fingerprint density at radius 2 is 1.66 bits per heavy atom. The Bertz CT molecular complexity index is 743. The molecular weight excluding hydrogens is 400 g/mol. The van der Waals surface area contributed by atoms with Gasteiger partial charge >= 0.3 is 0 Å². The van der Waals surface area contributed by atoms with Crippen molar-refractivity contribution in [2.45, 2.75) is 71.8 Å². The van der Waals surface area contributed by atoms with Gasteiger partial charge in [0.1, 0.15) is 0 Å². The molecule has 2 heterocycles. The van der Waals surface area contributed by atoms with E-state index in [0.29, 0.717) is 18.7 Å². The molecule has 2 aliphatic heterocycles. The monoisotopic (exact) mass is 442 g/mol. The first kappa shape index (κ1) is 24.7. The van der Waals surface area contributed by atoms with E-state index < -0.39 is 0 Å². The third kappa shape index (κ3) is 7.31. The second kappa shape index (κ2) is 12.9. The zero-order valence-corrected chi connectivity index (χ0v) is 20.1. The first-order chi connectivity index (χ1) is 15.6. The zero-order chi connectivity index (χ0) is 22.8. The number of anilines is 1. The molecule has 1 aromatic carbocycles. The van der Waals surface area contributed by atoms with Crippen molar-refractivity contribution in [3.8, 4) is 0 Å². The van der Waals surface area contributed by atoms with Crippen molar-refractivity contribution in [1.82, 2.24) is 15.5 Å². The van der Waals surface area contributed by atoms with Gasteiger partial charge in [0.15, 0.2) is 0 Å². The van der Waals surface area contributed by atoms with Crippen LogP contribution in [0.3, 0.4) is 0 Å². The van der Waals surface area contributed by atoms with Crippen molar-refractivity contribution >= 4 is 17.5 Å². The average Bonchev–Trinajstić information content (AvgIpc) is 2.79. The van der Waals surface area contributed by atoms with Crippen LogP contribution in [0.1, 0.15) is 81.1 Å².